The molecule has 0 radical (unpaired) electrons. The maximum absolute atomic E-state index is 13.3. The zero-order chi connectivity index (χ0) is 34.5. The largest absolute Gasteiger partial charge is 0.476 e. The second-order valence-electron chi connectivity index (χ2n) is 11.5. The lowest BCUT2D eigenvalue weighted by molar-refractivity contribution is -0.137. The Bertz CT molecular complexity index is 1460. The van der Waals surface area contributed by atoms with Crippen LogP contribution >= 0.6 is 0 Å². The number of carbonyl (C=O) groups is 2. The molecule has 0 aliphatic carbocycles. The predicted octanol–water partition coefficient (Wildman–Crippen LogP) is 6.56. The van der Waals surface area contributed by atoms with Crippen molar-refractivity contribution in [1.82, 2.24) is 25.5 Å². The number of urea groups is 1. The van der Waals surface area contributed by atoms with E-state index in [1.54, 1.807) is 29.2 Å². The van der Waals surface area contributed by atoms with E-state index >= 15 is 0 Å². The third-order valence-corrected chi connectivity index (χ3v) is 8.08. The molecule has 0 spiro atoms. The van der Waals surface area contributed by atoms with Crippen LogP contribution in [-0.4, -0.2) is 78.8 Å². The zero-order valence-electron chi connectivity index (χ0n) is 27.8. The molecule has 10 nitrogen and oxygen atoms in total. The SMILES string of the molecule is CCCNC(=O)N(CCCCN1CCC(NC(=O)c2ccccc2-c2ccc(C(F)(F)F)cc2)CC1)c1c(OCC)ncnc1OCC. The standard InChI is InChI=1S/C35H45F3N6O4/c1-4-19-39-34(46)44(30-32(47-5-2)40-24-41-33(30)48-6-3)21-10-9-20-43-22-17-27(18-23-43)42-31(45)29-12-8-7-11-28(29)25-13-15-26(16-14-25)35(36,37)38/h7-8,11-16,24,27H,4-6,9-10,17-23H2,1-3H3,(H,39,46)(H,42,45). The molecular formula is C35H45F3N6O4. The normalized spacial score (nSPS) is 14.0. The first-order valence-corrected chi connectivity index (χ1v) is 16.6. The number of ether oxygens (including phenoxy) is 2. The molecule has 1 saturated heterocycles. The van der Waals surface area contributed by atoms with Crippen molar-refractivity contribution in [2.45, 2.75) is 65.1 Å². The number of anilines is 1. The molecule has 0 unspecified atom stereocenters. The van der Waals surface area contributed by atoms with Crippen LogP contribution in [0.15, 0.2) is 54.9 Å². The van der Waals surface area contributed by atoms with Crippen LogP contribution in [0.5, 0.6) is 11.8 Å². The second kappa shape index (κ2) is 17.7. The molecule has 13 heteroatoms. The summed E-state index contributed by atoms with van der Waals surface area (Å²) in [5.41, 5.74) is 1.25. The van der Waals surface area contributed by atoms with E-state index in [2.05, 4.69) is 25.5 Å². The number of unbranched alkanes of at least 4 members (excludes halogenated alkanes) is 1. The van der Waals surface area contributed by atoms with E-state index in [1.807, 2.05) is 20.8 Å². The highest BCUT2D eigenvalue weighted by Crippen LogP contribution is 2.35. The molecule has 1 aliphatic heterocycles. The molecule has 2 heterocycles. The third kappa shape index (κ3) is 9.82. The van der Waals surface area contributed by atoms with Gasteiger partial charge in [0.25, 0.3) is 5.91 Å². The van der Waals surface area contributed by atoms with Crippen molar-refractivity contribution in [2.75, 3.05) is 50.8 Å². The molecule has 1 aliphatic rings. The average Bonchev–Trinajstić information content (AvgIpc) is 3.08. The van der Waals surface area contributed by atoms with Gasteiger partial charge in [0, 0.05) is 37.8 Å². The van der Waals surface area contributed by atoms with Crippen LogP contribution in [0, 0.1) is 0 Å². The smallest absolute Gasteiger partial charge is 0.416 e. The second-order valence-corrected chi connectivity index (χ2v) is 11.5. The first kappa shape index (κ1) is 36.4. The lowest BCUT2D eigenvalue weighted by atomic mass is 9.97. The maximum Gasteiger partial charge on any atom is 0.416 e. The number of rotatable bonds is 15. The minimum atomic E-state index is -4.42. The quantitative estimate of drug-likeness (QED) is 0.176. The Morgan fingerprint density at radius 2 is 1.58 bits per heavy atom. The molecule has 3 amide bonds. The monoisotopic (exact) mass is 670 g/mol. The van der Waals surface area contributed by atoms with Gasteiger partial charge in [-0.15, -0.1) is 0 Å². The first-order chi connectivity index (χ1) is 23.2. The van der Waals surface area contributed by atoms with Gasteiger partial charge in [-0.3, -0.25) is 9.69 Å². The van der Waals surface area contributed by atoms with E-state index in [4.69, 9.17) is 9.47 Å². The molecule has 4 rings (SSSR count). The van der Waals surface area contributed by atoms with E-state index in [0.29, 0.717) is 60.4 Å². The van der Waals surface area contributed by atoms with Crippen molar-refractivity contribution in [3.8, 4) is 22.9 Å². The number of hydrogen-bond donors (Lipinski definition) is 2. The van der Waals surface area contributed by atoms with Crippen LogP contribution in [-0.2, 0) is 6.18 Å². The van der Waals surface area contributed by atoms with Crippen molar-refractivity contribution in [2.24, 2.45) is 0 Å². The van der Waals surface area contributed by atoms with Crippen molar-refractivity contribution in [3.63, 3.8) is 0 Å². The number of aromatic nitrogens is 2. The number of nitrogens with zero attached hydrogens (tertiary/aromatic N) is 4. The van der Waals surface area contributed by atoms with Crippen LogP contribution < -0.4 is 25.0 Å². The third-order valence-electron chi connectivity index (χ3n) is 8.08. The number of carbonyl (C=O) groups excluding carboxylic acids is 2. The number of hydrogen-bond acceptors (Lipinski definition) is 7. The lowest BCUT2D eigenvalue weighted by Crippen LogP contribution is -2.45. The molecule has 1 aromatic heterocycles. The number of nitrogens with one attached hydrogen (secondary N) is 2. The van der Waals surface area contributed by atoms with Gasteiger partial charge >= 0.3 is 12.2 Å². The summed E-state index contributed by atoms with van der Waals surface area (Å²) in [6.07, 6.45) is 0.858. The summed E-state index contributed by atoms with van der Waals surface area (Å²) < 4.78 is 50.6. The van der Waals surface area contributed by atoms with Crippen molar-refractivity contribution < 1.29 is 32.2 Å². The molecule has 48 heavy (non-hydrogen) atoms. The van der Waals surface area contributed by atoms with Crippen molar-refractivity contribution in [3.05, 3.63) is 66.0 Å². The fraction of sp³-hybridized carbons (Fsp3) is 0.486. The van der Waals surface area contributed by atoms with Crippen molar-refractivity contribution in [1.29, 1.82) is 0 Å². The number of alkyl halides is 3. The van der Waals surface area contributed by atoms with Gasteiger partial charge in [-0.05, 0) is 81.8 Å². The average molecular weight is 671 g/mol. The number of halogens is 3. The molecule has 260 valence electrons. The molecular weight excluding hydrogens is 625 g/mol. The van der Waals surface area contributed by atoms with Gasteiger partial charge in [-0.25, -0.2) is 4.79 Å². The highest BCUT2D eigenvalue weighted by Gasteiger charge is 2.30. The Labute approximate surface area is 280 Å². The fourth-order valence-electron chi connectivity index (χ4n) is 5.65. The van der Waals surface area contributed by atoms with E-state index in [9.17, 15) is 22.8 Å². The summed E-state index contributed by atoms with van der Waals surface area (Å²) in [5.74, 6) is 0.357. The molecule has 0 bridgehead atoms. The van der Waals surface area contributed by atoms with E-state index in [-0.39, 0.29) is 18.0 Å². The Morgan fingerprint density at radius 3 is 2.19 bits per heavy atom. The Hall–Kier alpha value is -4.39. The van der Waals surface area contributed by atoms with Gasteiger partial charge in [0.1, 0.15) is 6.33 Å². The predicted molar refractivity (Wildman–Crippen MR) is 178 cm³/mol. The Morgan fingerprint density at radius 1 is 0.938 bits per heavy atom. The summed E-state index contributed by atoms with van der Waals surface area (Å²) in [6.45, 7) is 9.86. The van der Waals surface area contributed by atoms with Gasteiger partial charge in [-0.2, -0.15) is 23.1 Å². The summed E-state index contributed by atoms with van der Waals surface area (Å²) in [5, 5.41) is 6.08. The van der Waals surface area contributed by atoms with E-state index in [0.717, 1.165) is 63.9 Å². The maximum atomic E-state index is 13.3. The Kier molecular flexibility index (Phi) is 13.4. The minimum Gasteiger partial charge on any atom is -0.476 e. The van der Waals surface area contributed by atoms with Gasteiger partial charge < -0.3 is 25.0 Å². The van der Waals surface area contributed by atoms with Gasteiger partial charge in [0.05, 0.1) is 18.8 Å². The van der Waals surface area contributed by atoms with E-state index in [1.165, 1.54) is 18.5 Å². The fourth-order valence-corrected chi connectivity index (χ4v) is 5.65. The summed E-state index contributed by atoms with van der Waals surface area (Å²) in [4.78, 5) is 39.0. The summed E-state index contributed by atoms with van der Waals surface area (Å²) in [6, 6.07) is 11.5. The van der Waals surface area contributed by atoms with Gasteiger partial charge in [0.2, 0.25) is 11.8 Å². The number of piperidine rings is 1. The molecule has 0 saturated carbocycles. The molecule has 2 aromatic carbocycles. The number of likely N-dealkylation sites (tertiary alicyclic amines) is 1. The lowest BCUT2D eigenvalue weighted by Gasteiger charge is -2.32. The highest BCUT2D eigenvalue weighted by atomic mass is 19.4. The Balaban J connectivity index is 1.30. The molecule has 2 N–H and O–H groups in total. The highest BCUT2D eigenvalue weighted by molar-refractivity contribution is 6.01. The summed E-state index contributed by atoms with van der Waals surface area (Å²) >= 11 is 0. The van der Waals surface area contributed by atoms with Gasteiger partial charge in [0.15, 0.2) is 5.69 Å². The first-order valence-electron chi connectivity index (χ1n) is 16.6. The summed E-state index contributed by atoms with van der Waals surface area (Å²) in [7, 11) is 0. The van der Waals surface area contributed by atoms with Crippen LogP contribution in [0.2, 0.25) is 0 Å². The minimum absolute atomic E-state index is 0.0146. The topological polar surface area (TPSA) is 109 Å². The zero-order valence-corrected chi connectivity index (χ0v) is 27.8. The van der Waals surface area contributed by atoms with Crippen molar-refractivity contribution >= 4 is 17.6 Å². The number of benzene rings is 2. The van der Waals surface area contributed by atoms with Crippen LogP contribution in [0.1, 0.15) is 68.8 Å². The van der Waals surface area contributed by atoms with Crippen LogP contribution in [0.4, 0.5) is 23.7 Å². The number of amides is 3. The molecule has 3 aromatic rings. The molecule has 1 fully saturated rings. The van der Waals surface area contributed by atoms with Gasteiger partial charge in [-0.1, -0.05) is 37.3 Å². The van der Waals surface area contributed by atoms with Crippen LogP contribution in [0.25, 0.3) is 11.1 Å². The van der Waals surface area contributed by atoms with E-state index < -0.39 is 11.7 Å². The van der Waals surface area contributed by atoms with Crippen LogP contribution in [0.3, 0.4) is 0 Å². The molecule has 0 atom stereocenters.